The maximum absolute atomic E-state index is 12.5. The Morgan fingerprint density at radius 2 is 2.00 bits per heavy atom. The molecule has 0 radical (unpaired) electrons. The molecule has 28 heavy (non-hydrogen) atoms. The van der Waals surface area contributed by atoms with Gasteiger partial charge in [-0.2, -0.15) is 5.26 Å². The zero-order valence-electron chi connectivity index (χ0n) is 15.6. The number of amides is 1. The van der Waals surface area contributed by atoms with E-state index in [0.29, 0.717) is 40.8 Å². The van der Waals surface area contributed by atoms with E-state index in [1.165, 1.54) is 18.4 Å². The van der Waals surface area contributed by atoms with Gasteiger partial charge >= 0.3 is 0 Å². The quantitative estimate of drug-likeness (QED) is 0.648. The molecule has 1 amide bonds. The number of thiazole rings is 1. The Bertz CT molecular complexity index is 1010. The summed E-state index contributed by atoms with van der Waals surface area (Å²) >= 11 is 1.42. The molecule has 0 aliphatic heterocycles. The van der Waals surface area contributed by atoms with Crippen LogP contribution in [0.25, 0.3) is 0 Å². The van der Waals surface area contributed by atoms with Gasteiger partial charge in [0.2, 0.25) is 0 Å². The summed E-state index contributed by atoms with van der Waals surface area (Å²) in [6, 6.07) is 14.6. The third kappa shape index (κ3) is 4.67. The molecule has 0 fully saturated rings. The molecule has 0 spiro atoms. The van der Waals surface area contributed by atoms with Crippen molar-refractivity contribution >= 4 is 22.4 Å². The van der Waals surface area contributed by atoms with Gasteiger partial charge in [0, 0.05) is 23.1 Å². The maximum Gasteiger partial charge on any atom is 0.257 e. The van der Waals surface area contributed by atoms with Crippen molar-refractivity contribution in [3.63, 3.8) is 0 Å². The van der Waals surface area contributed by atoms with Gasteiger partial charge in [-0.3, -0.25) is 10.1 Å². The Kier molecular flexibility index (Phi) is 6.25. The molecule has 1 aromatic heterocycles. The fourth-order valence-electron chi connectivity index (χ4n) is 2.60. The third-order valence-corrected chi connectivity index (χ3v) is 4.87. The molecule has 0 saturated carbocycles. The number of nitrogens with one attached hydrogen (secondary N) is 1. The van der Waals surface area contributed by atoms with E-state index in [2.05, 4.69) is 16.4 Å². The van der Waals surface area contributed by atoms with Crippen LogP contribution < -0.4 is 14.8 Å². The zero-order valence-corrected chi connectivity index (χ0v) is 16.4. The molecule has 0 aliphatic rings. The fraction of sp³-hybridized carbons (Fsp3) is 0.190. The van der Waals surface area contributed by atoms with Crippen LogP contribution in [0.5, 0.6) is 11.5 Å². The molecular formula is C21H19N3O3S. The van der Waals surface area contributed by atoms with Crippen molar-refractivity contribution < 1.29 is 14.3 Å². The van der Waals surface area contributed by atoms with E-state index in [1.807, 2.05) is 19.1 Å². The number of ether oxygens (including phenoxy) is 2. The number of nitriles is 1. The van der Waals surface area contributed by atoms with Gasteiger partial charge < -0.3 is 9.47 Å². The summed E-state index contributed by atoms with van der Waals surface area (Å²) in [5.74, 6) is 0.844. The highest BCUT2D eigenvalue weighted by Gasteiger charge is 2.13. The van der Waals surface area contributed by atoms with E-state index in [1.54, 1.807) is 36.5 Å². The number of hydrogen-bond acceptors (Lipinski definition) is 6. The number of hydrogen-bond donors (Lipinski definition) is 1. The van der Waals surface area contributed by atoms with Crippen LogP contribution in [0.1, 0.15) is 33.3 Å². The Balaban J connectivity index is 1.67. The van der Waals surface area contributed by atoms with E-state index in [0.717, 1.165) is 10.4 Å². The second-order valence-electron chi connectivity index (χ2n) is 5.87. The van der Waals surface area contributed by atoms with Gasteiger partial charge in [-0.1, -0.05) is 12.1 Å². The number of carbonyl (C=O) groups is 1. The maximum atomic E-state index is 12.5. The van der Waals surface area contributed by atoms with Crippen LogP contribution in [-0.2, 0) is 6.42 Å². The number of carbonyl (C=O) groups excluding carboxylic acids is 1. The lowest BCUT2D eigenvalue weighted by Crippen LogP contribution is -2.12. The Morgan fingerprint density at radius 1 is 1.21 bits per heavy atom. The van der Waals surface area contributed by atoms with Crippen molar-refractivity contribution in [2.75, 3.05) is 19.0 Å². The summed E-state index contributed by atoms with van der Waals surface area (Å²) in [4.78, 5) is 17.8. The molecule has 7 heteroatoms. The van der Waals surface area contributed by atoms with Crippen molar-refractivity contribution in [2.24, 2.45) is 0 Å². The minimum atomic E-state index is -0.263. The van der Waals surface area contributed by atoms with Crippen LogP contribution in [-0.4, -0.2) is 24.6 Å². The number of anilines is 1. The fourth-order valence-corrected chi connectivity index (χ4v) is 3.44. The van der Waals surface area contributed by atoms with E-state index in [4.69, 9.17) is 14.7 Å². The molecule has 1 heterocycles. The molecule has 0 unspecified atom stereocenters. The highest BCUT2D eigenvalue weighted by Crippen LogP contribution is 2.29. The second-order valence-corrected chi connectivity index (χ2v) is 6.99. The van der Waals surface area contributed by atoms with E-state index in [9.17, 15) is 4.79 Å². The molecule has 3 rings (SSSR count). The molecule has 1 N–H and O–H groups in total. The highest BCUT2D eigenvalue weighted by atomic mass is 32.1. The lowest BCUT2D eigenvalue weighted by atomic mass is 10.1. The van der Waals surface area contributed by atoms with Crippen molar-refractivity contribution in [1.29, 1.82) is 5.26 Å². The summed E-state index contributed by atoms with van der Waals surface area (Å²) in [6.45, 7) is 2.40. The third-order valence-electron chi connectivity index (χ3n) is 3.96. The molecule has 2 aromatic carbocycles. The first-order chi connectivity index (χ1) is 13.6. The number of aromatic nitrogens is 1. The summed E-state index contributed by atoms with van der Waals surface area (Å²) in [7, 11) is 1.54. The number of benzene rings is 2. The van der Waals surface area contributed by atoms with Gasteiger partial charge in [0.05, 0.1) is 25.3 Å². The predicted octanol–water partition coefficient (Wildman–Crippen LogP) is 4.27. The topological polar surface area (TPSA) is 84.2 Å². The van der Waals surface area contributed by atoms with Gasteiger partial charge in [-0.05, 0) is 42.8 Å². The number of rotatable bonds is 7. The minimum absolute atomic E-state index is 0.263. The van der Waals surface area contributed by atoms with E-state index in [-0.39, 0.29) is 5.91 Å². The van der Waals surface area contributed by atoms with Crippen molar-refractivity contribution in [3.8, 4) is 17.6 Å². The first kappa shape index (κ1) is 19.4. The Labute approximate surface area is 167 Å². The van der Waals surface area contributed by atoms with Gasteiger partial charge in [0.25, 0.3) is 5.91 Å². The second kappa shape index (κ2) is 9.02. The zero-order chi connectivity index (χ0) is 19.9. The van der Waals surface area contributed by atoms with Crippen molar-refractivity contribution in [2.45, 2.75) is 13.3 Å². The van der Waals surface area contributed by atoms with Gasteiger partial charge in [0.15, 0.2) is 16.6 Å². The minimum Gasteiger partial charge on any atom is -0.493 e. The normalized spacial score (nSPS) is 10.2. The van der Waals surface area contributed by atoms with Crippen LogP contribution in [0.3, 0.4) is 0 Å². The summed E-state index contributed by atoms with van der Waals surface area (Å²) in [6.07, 6.45) is 2.44. The summed E-state index contributed by atoms with van der Waals surface area (Å²) in [5, 5.41) is 12.2. The Hall–Kier alpha value is -3.37. The predicted molar refractivity (Wildman–Crippen MR) is 108 cm³/mol. The largest absolute Gasteiger partial charge is 0.493 e. The van der Waals surface area contributed by atoms with Gasteiger partial charge in [-0.15, -0.1) is 11.3 Å². The van der Waals surface area contributed by atoms with Crippen molar-refractivity contribution in [1.82, 2.24) is 4.98 Å². The van der Waals surface area contributed by atoms with E-state index < -0.39 is 0 Å². The lowest BCUT2D eigenvalue weighted by Gasteiger charge is -2.10. The van der Waals surface area contributed by atoms with E-state index >= 15 is 0 Å². The summed E-state index contributed by atoms with van der Waals surface area (Å²) in [5.41, 5.74) is 2.17. The van der Waals surface area contributed by atoms with Crippen LogP contribution in [0.15, 0.2) is 48.7 Å². The first-order valence-electron chi connectivity index (χ1n) is 8.69. The van der Waals surface area contributed by atoms with Gasteiger partial charge in [0.1, 0.15) is 0 Å². The monoisotopic (exact) mass is 393 g/mol. The molecule has 6 nitrogen and oxygen atoms in total. The van der Waals surface area contributed by atoms with Crippen LogP contribution in [0.2, 0.25) is 0 Å². The first-order valence-corrected chi connectivity index (χ1v) is 9.50. The number of methoxy groups -OCH3 is 1. The SMILES string of the molecule is CCOc1ccc(C(=O)Nc2ncc(Cc3ccc(C#N)cc3)s2)cc1OC. The average molecular weight is 393 g/mol. The van der Waals surface area contributed by atoms with Crippen molar-refractivity contribution in [3.05, 3.63) is 70.2 Å². The van der Waals surface area contributed by atoms with Gasteiger partial charge in [-0.25, -0.2) is 4.98 Å². The standard InChI is InChI=1S/C21H19N3O3S/c1-3-27-18-9-8-16(11-19(18)26-2)20(25)24-21-23-13-17(28-21)10-14-4-6-15(12-22)7-5-14/h4-9,11,13H,3,10H2,1-2H3,(H,23,24,25). The molecule has 0 aliphatic carbocycles. The van der Waals surface area contributed by atoms with Crippen LogP contribution >= 0.6 is 11.3 Å². The molecule has 0 bridgehead atoms. The smallest absolute Gasteiger partial charge is 0.257 e. The lowest BCUT2D eigenvalue weighted by molar-refractivity contribution is 0.102. The Morgan fingerprint density at radius 3 is 2.68 bits per heavy atom. The molecule has 0 atom stereocenters. The molecule has 142 valence electrons. The van der Waals surface area contributed by atoms with Crippen LogP contribution in [0, 0.1) is 11.3 Å². The molecular weight excluding hydrogens is 374 g/mol. The number of nitrogens with zero attached hydrogens (tertiary/aromatic N) is 2. The molecule has 0 saturated heterocycles. The average Bonchev–Trinajstić information content (AvgIpc) is 3.15. The molecule has 3 aromatic rings. The summed E-state index contributed by atoms with van der Waals surface area (Å²) < 4.78 is 10.8. The van der Waals surface area contributed by atoms with Crippen LogP contribution in [0.4, 0.5) is 5.13 Å². The highest BCUT2D eigenvalue weighted by molar-refractivity contribution is 7.15.